The Balaban J connectivity index is 1.56. The van der Waals surface area contributed by atoms with Gasteiger partial charge in [0, 0.05) is 52.0 Å². The highest BCUT2D eigenvalue weighted by molar-refractivity contribution is 6.07. The van der Waals surface area contributed by atoms with Crippen LogP contribution in [0.25, 0.3) is 0 Å². The van der Waals surface area contributed by atoms with Gasteiger partial charge >= 0.3 is 0 Å². The molecule has 0 saturated carbocycles. The Morgan fingerprint density at radius 1 is 1.13 bits per heavy atom. The first-order valence-electron chi connectivity index (χ1n) is 10.3. The molecule has 0 radical (unpaired) electrons. The van der Waals surface area contributed by atoms with Crippen LogP contribution in [-0.2, 0) is 31.9 Å². The van der Waals surface area contributed by atoms with Crippen molar-refractivity contribution in [1.82, 2.24) is 0 Å². The number of likely N-dealkylation sites (N-methyl/N-ethyl adjacent to an activating group) is 1. The lowest BCUT2D eigenvalue weighted by Gasteiger charge is -2.36. The summed E-state index contributed by atoms with van der Waals surface area (Å²) >= 11 is 0. The number of halogens is 1. The Bertz CT molecular complexity index is 966. The Hall–Kier alpha value is -2.44. The first-order chi connectivity index (χ1) is 14.3. The van der Waals surface area contributed by atoms with Gasteiger partial charge in [-0.25, -0.2) is 4.39 Å². The number of anilines is 1. The highest BCUT2D eigenvalue weighted by Gasteiger charge is 2.42. The van der Waals surface area contributed by atoms with Gasteiger partial charge in [0.2, 0.25) is 5.91 Å². The van der Waals surface area contributed by atoms with E-state index in [0.717, 1.165) is 22.4 Å². The predicted molar refractivity (Wildman–Crippen MR) is 112 cm³/mol. The van der Waals surface area contributed by atoms with Crippen molar-refractivity contribution >= 4 is 11.6 Å². The van der Waals surface area contributed by atoms with Gasteiger partial charge in [0.25, 0.3) is 0 Å². The minimum atomic E-state index is -0.569. The molecule has 0 aliphatic carbocycles. The summed E-state index contributed by atoms with van der Waals surface area (Å²) in [7, 11) is 3.45. The van der Waals surface area contributed by atoms with E-state index in [1.54, 1.807) is 19.1 Å². The van der Waals surface area contributed by atoms with Crippen LogP contribution in [0.5, 0.6) is 5.75 Å². The molecule has 0 spiro atoms. The van der Waals surface area contributed by atoms with Crippen molar-refractivity contribution in [2.45, 2.75) is 44.3 Å². The molecule has 160 valence electrons. The Kier molecular flexibility index (Phi) is 5.32. The van der Waals surface area contributed by atoms with Gasteiger partial charge in [-0.1, -0.05) is 6.07 Å². The molecule has 2 aliphatic rings. The van der Waals surface area contributed by atoms with Crippen LogP contribution in [0.1, 0.15) is 43.4 Å². The van der Waals surface area contributed by atoms with Crippen LogP contribution < -0.4 is 9.64 Å². The molecule has 2 aliphatic heterocycles. The van der Waals surface area contributed by atoms with Crippen molar-refractivity contribution in [2.75, 3.05) is 32.3 Å². The van der Waals surface area contributed by atoms with Crippen LogP contribution in [0.4, 0.5) is 10.1 Å². The summed E-state index contributed by atoms with van der Waals surface area (Å²) in [5.41, 5.74) is 2.48. The molecule has 2 aromatic carbocycles. The second kappa shape index (κ2) is 7.67. The highest BCUT2D eigenvalue weighted by atomic mass is 19.1. The SMILES string of the molecule is COC1(c2cc(F)cc(OCc3ccc4c(c3)C(C)(C)C(=O)N4C)c2)CCOCC1. The highest BCUT2D eigenvalue weighted by Crippen LogP contribution is 2.41. The fraction of sp³-hybridized carbons (Fsp3) is 0.458. The van der Waals surface area contributed by atoms with Gasteiger partial charge in [-0.2, -0.15) is 0 Å². The lowest BCUT2D eigenvalue weighted by atomic mass is 9.85. The number of nitrogens with zero attached hydrogens (tertiary/aromatic N) is 1. The van der Waals surface area contributed by atoms with Gasteiger partial charge in [0.15, 0.2) is 0 Å². The number of amides is 1. The molecule has 0 aromatic heterocycles. The molecule has 1 saturated heterocycles. The van der Waals surface area contributed by atoms with Crippen LogP contribution in [0.15, 0.2) is 36.4 Å². The second-order valence-corrected chi connectivity index (χ2v) is 8.62. The van der Waals surface area contributed by atoms with Gasteiger partial charge in [0.05, 0.1) is 11.0 Å². The van der Waals surface area contributed by atoms with Gasteiger partial charge in [-0.15, -0.1) is 0 Å². The van der Waals surface area contributed by atoms with Gasteiger partial charge in [0.1, 0.15) is 18.2 Å². The second-order valence-electron chi connectivity index (χ2n) is 8.62. The van der Waals surface area contributed by atoms with Crippen molar-refractivity contribution in [2.24, 2.45) is 0 Å². The zero-order valence-corrected chi connectivity index (χ0v) is 18.0. The fourth-order valence-electron chi connectivity index (χ4n) is 4.50. The van der Waals surface area contributed by atoms with Crippen molar-refractivity contribution in [1.29, 1.82) is 0 Å². The molecule has 0 bridgehead atoms. The lowest BCUT2D eigenvalue weighted by molar-refractivity contribution is -0.121. The van der Waals surface area contributed by atoms with E-state index in [4.69, 9.17) is 14.2 Å². The molecule has 2 heterocycles. The first kappa shape index (κ1) is 20.8. The first-order valence-corrected chi connectivity index (χ1v) is 10.3. The lowest BCUT2D eigenvalue weighted by Crippen LogP contribution is -2.35. The Morgan fingerprint density at radius 3 is 2.57 bits per heavy atom. The smallest absolute Gasteiger partial charge is 0.236 e. The van der Waals surface area contributed by atoms with Crippen molar-refractivity contribution in [3.63, 3.8) is 0 Å². The summed E-state index contributed by atoms with van der Waals surface area (Å²) in [6.07, 6.45) is 1.35. The predicted octanol–water partition coefficient (Wildman–Crippen LogP) is 4.31. The molecular weight excluding hydrogens is 385 g/mol. The Labute approximate surface area is 176 Å². The number of carbonyl (C=O) groups is 1. The number of ether oxygens (including phenoxy) is 3. The average molecular weight is 413 g/mol. The van der Waals surface area contributed by atoms with E-state index < -0.39 is 11.0 Å². The van der Waals surface area contributed by atoms with Crippen LogP contribution in [0, 0.1) is 5.82 Å². The molecule has 5 nitrogen and oxygen atoms in total. The third kappa shape index (κ3) is 3.48. The minimum absolute atomic E-state index is 0.0756. The number of hydrogen-bond donors (Lipinski definition) is 0. The van der Waals surface area contributed by atoms with Gasteiger partial charge < -0.3 is 19.1 Å². The number of fused-ring (bicyclic) bond motifs is 1. The molecule has 0 unspecified atom stereocenters. The summed E-state index contributed by atoms with van der Waals surface area (Å²) in [4.78, 5) is 14.2. The van der Waals surface area contributed by atoms with Crippen molar-refractivity contribution in [3.05, 3.63) is 58.9 Å². The van der Waals surface area contributed by atoms with E-state index in [1.165, 1.54) is 12.1 Å². The topological polar surface area (TPSA) is 48.0 Å². The quantitative estimate of drug-likeness (QED) is 0.733. The minimum Gasteiger partial charge on any atom is -0.489 e. The molecule has 0 atom stereocenters. The van der Waals surface area contributed by atoms with Crippen LogP contribution in [0.2, 0.25) is 0 Å². The number of hydrogen-bond acceptors (Lipinski definition) is 4. The molecule has 0 N–H and O–H groups in total. The fourth-order valence-corrected chi connectivity index (χ4v) is 4.50. The maximum atomic E-state index is 14.4. The maximum Gasteiger partial charge on any atom is 0.236 e. The van der Waals surface area contributed by atoms with Crippen LogP contribution >= 0.6 is 0 Å². The summed E-state index contributed by atoms with van der Waals surface area (Å²) < 4.78 is 31.6. The summed E-state index contributed by atoms with van der Waals surface area (Å²) in [6, 6.07) is 10.7. The third-order valence-corrected chi connectivity index (χ3v) is 6.43. The van der Waals surface area contributed by atoms with E-state index in [0.29, 0.717) is 31.8 Å². The average Bonchev–Trinajstić information content (AvgIpc) is 2.92. The number of rotatable bonds is 5. The summed E-state index contributed by atoms with van der Waals surface area (Å²) in [5, 5.41) is 0. The Morgan fingerprint density at radius 2 is 1.87 bits per heavy atom. The van der Waals surface area contributed by atoms with E-state index in [2.05, 4.69) is 0 Å². The summed E-state index contributed by atoms with van der Waals surface area (Å²) in [6.45, 7) is 5.31. The van der Waals surface area contributed by atoms with E-state index in [1.807, 2.05) is 38.1 Å². The van der Waals surface area contributed by atoms with Gasteiger partial charge in [-0.3, -0.25) is 4.79 Å². The molecule has 2 aromatic rings. The molecule has 1 amide bonds. The van der Waals surface area contributed by atoms with Crippen LogP contribution in [-0.4, -0.2) is 33.3 Å². The molecular formula is C24H28FNO4. The van der Waals surface area contributed by atoms with Crippen molar-refractivity contribution in [3.8, 4) is 5.75 Å². The molecule has 30 heavy (non-hydrogen) atoms. The van der Waals surface area contributed by atoms with Crippen LogP contribution in [0.3, 0.4) is 0 Å². The van der Waals surface area contributed by atoms with E-state index in [9.17, 15) is 9.18 Å². The molecule has 6 heteroatoms. The van der Waals surface area contributed by atoms with Crippen molar-refractivity contribution < 1.29 is 23.4 Å². The molecule has 1 fully saturated rings. The summed E-state index contributed by atoms with van der Waals surface area (Å²) in [5.74, 6) is 0.181. The zero-order valence-electron chi connectivity index (χ0n) is 18.0. The normalized spacial score (nSPS) is 19.6. The van der Waals surface area contributed by atoms with E-state index in [-0.39, 0.29) is 18.3 Å². The standard InChI is InChI=1S/C24H28FNO4/c1-23(2)20-11-16(5-6-21(20)26(3)22(23)27)15-30-19-13-17(12-18(25)14-19)24(28-4)7-9-29-10-8-24/h5-6,11-14H,7-10,15H2,1-4H3. The number of benzene rings is 2. The van der Waals surface area contributed by atoms with Gasteiger partial charge in [-0.05, 0) is 54.8 Å². The number of carbonyl (C=O) groups excluding carboxylic acids is 1. The zero-order chi connectivity index (χ0) is 21.5. The monoisotopic (exact) mass is 413 g/mol. The largest absolute Gasteiger partial charge is 0.489 e. The third-order valence-electron chi connectivity index (χ3n) is 6.43. The van der Waals surface area contributed by atoms with E-state index >= 15 is 0 Å². The number of methoxy groups -OCH3 is 1. The molecule has 4 rings (SSSR count). The maximum absolute atomic E-state index is 14.4.